The van der Waals surface area contributed by atoms with Crippen LogP contribution in [0.2, 0.25) is 0 Å². The standard InChI is InChI=1S/C24H33N3O4/c1-31-20-9-7-18(8-10-20)22(28)25-21(24(30)26-13-3-2-4-14-26)17-11-15-27(16-12-17)23(29)19-5-6-19/h7-10,17,19,21H,2-6,11-16H2,1H3,(H,25,28)/t21-/m0/s1. The Kier molecular flexibility index (Phi) is 6.78. The van der Waals surface area contributed by atoms with Crippen molar-refractivity contribution in [3.05, 3.63) is 29.8 Å². The molecule has 3 amide bonds. The van der Waals surface area contributed by atoms with Crippen molar-refractivity contribution in [1.29, 1.82) is 0 Å². The van der Waals surface area contributed by atoms with Gasteiger partial charge >= 0.3 is 0 Å². The van der Waals surface area contributed by atoms with E-state index in [4.69, 9.17) is 4.74 Å². The van der Waals surface area contributed by atoms with Gasteiger partial charge in [0.05, 0.1) is 7.11 Å². The maximum absolute atomic E-state index is 13.4. The molecule has 1 atom stereocenters. The van der Waals surface area contributed by atoms with Crippen LogP contribution >= 0.6 is 0 Å². The molecule has 4 rings (SSSR count). The number of carbonyl (C=O) groups is 3. The van der Waals surface area contributed by atoms with Crippen LogP contribution in [0.1, 0.15) is 55.3 Å². The molecule has 168 valence electrons. The molecule has 1 saturated carbocycles. The predicted octanol–water partition coefficient (Wildman–Crippen LogP) is 2.45. The second-order valence-electron chi connectivity index (χ2n) is 9.00. The molecule has 7 heteroatoms. The van der Waals surface area contributed by atoms with Crippen molar-refractivity contribution >= 4 is 17.7 Å². The van der Waals surface area contributed by atoms with Crippen LogP contribution < -0.4 is 10.1 Å². The van der Waals surface area contributed by atoms with E-state index in [0.717, 1.165) is 58.0 Å². The van der Waals surface area contributed by atoms with Crippen LogP contribution in [0.15, 0.2) is 24.3 Å². The lowest BCUT2D eigenvalue weighted by molar-refractivity contribution is -0.137. The van der Waals surface area contributed by atoms with Crippen LogP contribution in [0.25, 0.3) is 0 Å². The van der Waals surface area contributed by atoms with Gasteiger partial charge in [0, 0.05) is 37.7 Å². The number of nitrogens with one attached hydrogen (secondary N) is 1. The summed E-state index contributed by atoms with van der Waals surface area (Å²) in [6.45, 7) is 2.85. The van der Waals surface area contributed by atoms with Crippen LogP contribution in [0.5, 0.6) is 5.75 Å². The van der Waals surface area contributed by atoms with E-state index in [1.54, 1.807) is 31.4 Å². The molecule has 1 aliphatic carbocycles. The fraction of sp³-hybridized carbons (Fsp3) is 0.625. The van der Waals surface area contributed by atoms with Crippen LogP contribution in [-0.4, -0.2) is 66.9 Å². The van der Waals surface area contributed by atoms with E-state index in [9.17, 15) is 14.4 Å². The van der Waals surface area contributed by atoms with Gasteiger partial charge in [0.1, 0.15) is 11.8 Å². The summed E-state index contributed by atoms with van der Waals surface area (Å²) in [5, 5.41) is 3.04. The Hall–Kier alpha value is -2.57. The van der Waals surface area contributed by atoms with Gasteiger partial charge in [-0.2, -0.15) is 0 Å². The summed E-state index contributed by atoms with van der Waals surface area (Å²) >= 11 is 0. The molecular formula is C24H33N3O4. The third-order valence-electron chi connectivity index (χ3n) is 6.82. The van der Waals surface area contributed by atoms with Crippen LogP contribution in [0, 0.1) is 11.8 Å². The average Bonchev–Trinajstić information content (AvgIpc) is 3.68. The van der Waals surface area contributed by atoms with E-state index in [0.29, 0.717) is 24.4 Å². The summed E-state index contributed by atoms with van der Waals surface area (Å²) in [6, 6.07) is 6.38. The molecule has 1 aromatic carbocycles. The zero-order valence-electron chi connectivity index (χ0n) is 18.3. The number of benzene rings is 1. The summed E-state index contributed by atoms with van der Waals surface area (Å²) in [5.41, 5.74) is 0.513. The lowest BCUT2D eigenvalue weighted by Crippen LogP contribution is -2.55. The highest BCUT2D eigenvalue weighted by Crippen LogP contribution is 2.33. The average molecular weight is 428 g/mol. The first-order chi connectivity index (χ1) is 15.1. The molecule has 0 radical (unpaired) electrons. The number of hydrogen-bond donors (Lipinski definition) is 1. The summed E-state index contributed by atoms with van der Waals surface area (Å²) in [7, 11) is 1.59. The lowest BCUT2D eigenvalue weighted by atomic mass is 9.87. The molecule has 1 N–H and O–H groups in total. The minimum absolute atomic E-state index is 0.0218. The first-order valence-electron chi connectivity index (χ1n) is 11.6. The molecule has 7 nitrogen and oxygen atoms in total. The number of likely N-dealkylation sites (tertiary alicyclic amines) is 2. The van der Waals surface area contributed by atoms with Gasteiger partial charge in [-0.05, 0) is 75.1 Å². The Bertz CT molecular complexity index is 792. The zero-order valence-corrected chi connectivity index (χ0v) is 18.3. The zero-order chi connectivity index (χ0) is 21.8. The Labute approximate surface area is 184 Å². The molecule has 0 unspecified atom stereocenters. The smallest absolute Gasteiger partial charge is 0.251 e. The summed E-state index contributed by atoms with van der Waals surface area (Å²) in [6.07, 6.45) is 6.67. The number of ether oxygens (including phenoxy) is 1. The van der Waals surface area contributed by atoms with E-state index >= 15 is 0 Å². The highest BCUT2D eigenvalue weighted by atomic mass is 16.5. The molecule has 0 spiro atoms. The molecule has 0 aromatic heterocycles. The maximum Gasteiger partial charge on any atom is 0.251 e. The monoisotopic (exact) mass is 427 g/mol. The van der Waals surface area contributed by atoms with Crippen molar-refractivity contribution in [2.24, 2.45) is 11.8 Å². The van der Waals surface area contributed by atoms with Crippen molar-refractivity contribution < 1.29 is 19.1 Å². The van der Waals surface area contributed by atoms with Gasteiger partial charge < -0.3 is 19.9 Å². The van der Waals surface area contributed by atoms with Crippen molar-refractivity contribution in [3.63, 3.8) is 0 Å². The van der Waals surface area contributed by atoms with Gasteiger partial charge in [-0.1, -0.05) is 0 Å². The number of carbonyl (C=O) groups excluding carboxylic acids is 3. The molecule has 2 saturated heterocycles. The van der Waals surface area contributed by atoms with Gasteiger partial charge in [-0.15, -0.1) is 0 Å². The first kappa shape index (κ1) is 21.7. The quantitative estimate of drug-likeness (QED) is 0.756. The number of nitrogens with zero attached hydrogens (tertiary/aromatic N) is 2. The maximum atomic E-state index is 13.4. The summed E-state index contributed by atoms with van der Waals surface area (Å²) < 4.78 is 5.17. The minimum Gasteiger partial charge on any atom is -0.497 e. The summed E-state index contributed by atoms with van der Waals surface area (Å²) in [5.74, 6) is 0.991. The Morgan fingerprint density at radius 1 is 0.903 bits per heavy atom. The lowest BCUT2D eigenvalue weighted by Gasteiger charge is -2.38. The van der Waals surface area contributed by atoms with E-state index in [1.807, 2.05) is 9.80 Å². The van der Waals surface area contributed by atoms with Gasteiger partial charge in [-0.25, -0.2) is 0 Å². The second-order valence-corrected chi connectivity index (χ2v) is 9.00. The Balaban J connectivity index is 1.45. The van der Waals surface area contributed by atoms with E-state index in [2.05, 4.69) is 5.32 Å². The first-order valence-corrected chi connectivity index (χ1v) is 11.6. The topological polar surface area (TPSA) is 79.0 Å². The van der Waals surface area contributed by atoms with E-state index < -0.39 is 6.04 Å². The molecule has 1 aromatic rings. The third-order valence-corrected chi connectivity index (χ3v) is 6.82. The summed E-state index contributed by atoms with van der Waals surface area (Å²) in [4.78, 5) is 42.6. The van der Waals surface area contributed by atoms with Gasteiger partial charge in [0.15, 0.2) is 0 Å². The predicted molar refractivity (Wildman–Crippen MR) is 117 cm³/mol. The second kappa shape index (κ2) is 9.71. The van der Waals surface area contributed by atoms with Crippen molar-refractivity contribution in [3.8, 4) is 5.75 Å². The van der Waals surface area contributed by atoms with E-state index in [1.165, 1.54) is 0 Å². The van der Waals surface area contributed by atoms with Gasteiger partial charge in [-0.3, -0.25) is 14.4 Å². The van der Waals surface area contributed by atoms with Gasteiger partial charge in [0.2, 0.25) is 11.8 Å². The molecule has 0 bridgehead atoms. The fourth-order valence-corrected chi connectivity index (χ4v) is 4.70. The SMILES string of the molecule is COc1ccc(C(=O)N[C@H](C(=O)N2CCCCC2)C2CCN(C(=O)C3CC3)CC2)cc1. The molecule has 2 aliphatic heterocycles. The van der Waals surface area contributed by atoms with Crippen LogP contribution in [-0.2, 0) is 9.59 Å². The highest BCUT2D eigenvalue weighted by molar-refractivity contribution is 5.97. The van der Waals surface area contributed by atoms with Crippen molar-refractivity contribution in [1.82, 2.24) is 15.1 Å². The number of hydrogen-bond acceptors (Lipinski definition) is 4. The minimum atomic E-state index is -0.550. The number of amides is 3. The highest BCUT2D eigenvalue weighted by Gasteiger charge is 2.39. The van der Waals surface area contributed by atoms with Crippen LogP contribution in [0.4, 0.5) is 0 Å². The van der Waals surface area contributed by atoms with E-state index in [-0.39, 0.29) is 29.6 Å². The molecule has 3 fully saturated rings. The van der Waals surface area contributed by atoms with Crippen molar-refractivity contribution in [2.75, 3.05) is 33.3 Å². The Morgan fingerprint density at radius 2 is 1.55 bits per heavy atom. The van der Waals surface area contributed by atoms with Gasteiger partial charge in [0.25, 0.3) is 5.91 Å². The molecule has 3 aliphatic rings. The molecule has 31 heavy (non-hydrogen) atoms. The Morgan fingerprint density at radius 3 is 2.13 bits per heavy atom. The normalized spacial score (nSPS) is 20.8. The largest absolute Gasteiger partial charge is 0.497 e. The number of piperidine rings is 2. The van der Waals surface area contributed by atoms with Crippen LogP contribution in [0.3, 0.4) is 0 Å². The number of rotatable bonds is 6. The fourth-order valence-electron chi connectivity index (χ4n) is 4.70. The molecular weight excluding hydrogens is 394 g/mol. The third kappa shape index (κ3) is 5.20. The number of methoxy groups -OCH3 is 1. The van der Waals surface area contributed by atoms with Crippen molar-refractivity contribution in [2.45, 2.75) is 51.0 Å². The molecule has 2 heterocycles.